The first-order valence-electron chi connectivity index (χ1n) is 6.20. The van der Waals surface area contributed by atoms with Gasteiger partial charge >= 0.3 is 0 Å². The summed E-state index contributed by atoms with van der Waals surface area (Å²) in [7, 11) is 0. The molecule has 0 aliphatic carbocycles. The molecule has 0 atom stereocenters. The Kier molecular flexibility index (Phi) is 4.69. The van der Waals surface area contributed by atoms with Crippen molar-refractivity contribution in [3.63, 3.8) is 0 Å². The van der Waals surface area contributed by atoms with E-state index in [4.69, 9.17) is 11.6 Å². The van der Waals surface area contributed by atoms with Gasteiger partial charge in [0.2, 0.25) is 0 Å². The van der Waals surface area contributed by atoms with Crippen molar-refractivity contribution in [2.75, 3.05) is 6.54 Å². The van der Waals surface area contributed by atoms with Gasteiger partial charge in [0, 0.05) is 18.9 Å². The number of nitrogens with zero attached hydrogens (tertiary/aromatic N) is 1. The summed E-state index contributed by atoms with van der Waals surface area (Å²) >= 11 is 5.89. The molecule has 0 aliphatic rings. The molecule has 5 heteroatoms. The van der Waals surface area contributed by atoms with E-state index >= 15 is 0 Å². The molecule has 0 saturated carbocycles. The maximum absolute atomic E-state index is 13.0. The zero-order valence-electron chi connectivity index (χ0n) is 11.0. The van der Waals surface area contributed by atoms with Crippen molar-refractivity contribution in [2.24, 2.45) is 0 Å². The van der Waals surface area contributed by atoms with Crippen molar-refractivity contribution >= 4 is 17.5 Å². The number of hydrogen-bond donors (Lipinski definition) is 1. The van der Waals surface area contributed by atoms with Gasteiger partial charge in [-0.1, -0.05) is 17.7 Å². The Labute approximate surface area is 121 Å². The van der Waals surface area contributed by atoms with Crippen molar-refractivity contribution in [1.29, 1.82) is 0 Å². The molecule has 0 fully saturated rings. The van der Waals surface area contributed by atoms with E-state index in [1.165, 1.54) is 24.5 Å². The molecule has 1 aromatic carbocycles. The largest absolute Gasteiger partial charge is 0.352 e. The second kappa shape index (κ2) is 6.48. The molecule has 3 nitrogen and oxygen atoms in total. The average Bonchev–Trinajstić information content (AvgIpc) is 2.41. The van der Waals surface area contributed by atoms with E-state index in [1.807, 2.05) is 6.92 Å². The molecule has 0 aliphatic heterocycles. The highest BCUT2D eigenvalue weighted by atomic mass is 35.5. The number of rotatable bonds is 4. The predicted octanol–water partition coefficient (Wildman–Crippen LogP) is 3.16. The lowest BCUT2D eigenvalue weighted by Crippen LogP contribution is -2.26. The number of aromatic nitrogens is 1. The van der Waals surface area contributed by atoms with Crippen LogP contribution in [0.3, 0.4) is 0 Å². The summed E-state index contributed by atoms with van der Waals surface area (Å²) in [5.41, 5.74) is 2.28. The zero-order valence-corrected chi connectivity index (χ0v) is 11.7. The van der Waals surface area contributed by atoms with Gasteiger partial charge in [0.25, 0.3) is 5.91 Å². The lowest BCUT2D eigenvalue weighted by Gasteiger charge is -2.08. The van der Waals surface area contributed by atoms with E-state index in [0.717, 1.165) is 11.1 Å². The minimum absolute atomic E-state index is 0.239. The van der Waals surface area contributed by atoms with Gasteiger partial charge in [-0.05, 0) is 42.7 Å². The van der Waals surface area contributed by atoms with Crippen LogP contribution in [0, 0.1) is 12.7 Å². The molecule has 2 rings (SSSR count). The molecule has 104 valence electrons. The van der Waals surface area contributed by atoms with Gasteiger partial charge in [0.15, 0.2) is 0 Å². The van der Waals surface area contributed by atoms with Crippen LogP contribution < -0.4 is 5.32 Å². The summed E-state index contributed by atoms with van der Waals surface area (Å²) in [5.74, 6) is -0.490. The molecule has 0 saturated heterocycles. The topological polar surface area (TPSA) is 42.0 Å². The van der Waals surface area contributed by atoms with Gasteiger partial charge in [0.05, 0.1) is 10.6 Å². The number of benzene rings is 1. The lowest BCUT2D eigenvalue weighted by molar-refractivity contribution is 0.0954. The fourth-order valence-electron chi connectivity index (χ4n) is 1.91. The van der Waals surface area contributed by atoms with Crippen LogP contribution >= 0.6 is 11.6 Å². The van der Waals surface area contributed by atoms with Crippen LogP contribution in [0.5, 0.6) is 0 Å². The predicted molar refractivity (Wildman–Crippen MR) is 76.4 cm³/mol. The number of aryl methyl sites for hydroxylation is 1. The second-order valence-corrected chi connectivity index (χ2v) is 4.84. The van der Waals surface area contributed by atoms with Gasteiger partial charge in [-0.2, -0.15) is 0 Å². The van der Waals surface area contributed by atoms with Crippen LogP contribution in [-0.4, -0.2) is 17.4 Å². The molecule has 1 heterocycles. The number of carbonyl (C=O) groups is 1. The quantitative estimate of drug-likeness (QED) is 0.940. The highest BCUT2D eigenvalue weighted by molar-refractivity contribution is 6.33. The summed E-state index contributed by atoms with van der Waals surface area (Å²) in [6, 6.07) is 6.21. The van der Waals surface area contributed by atoms with E-state index in [-0.39, 0.29) is 11.7 Å². The molecule has 1 N–H and O–H groups in total. The number of amides is 1. The van der Waals surface area contributed by atoms with Crippen molar-refractivity contribution < 1.29 is 9.18 Å². The maximum Gasteiger partial charge on any atom is 0.252 e. The van der Waals surface area contributed by atoms with Crippen LogP contribution in [0.15, 0.2) is 36.7 Å². The number of hydrogen-bond acceptors (Lipinski definition) is 2. The van der Waals surface area contributed by atoms with E-state index in [2.05, 4.69) is 10.3 Å². The average molecular weight is 293 g/mol. The van der Waals surface area contributed by atoms with E-state index in [9.17, 15) is 9.18 Å². The number of pyridine rings is 1. The van der Waals surface area contributed by atoms with Gasteiger partial charge in [0.1, 0.15) is 5.82 Å². The summed E-state index contributed by atoms with van der Waals surface area (Å²) in [4.78, 5) is 15.7. The van der Waals surface area contributed by atoms with Crippen LogP contribution in [0.25, 0.3) is 0 Å². The standard InChI is InChI=1S/C15H14ClFN2O/c1-10-8-12(17)3-2-11(10)4-7-19-15(20)13-5-6-18-9-14(13)16/h2-3,5-6,8-9H,4,7H2,1H3,(H,19,20). The smallest absolute Gasteiger partial charge is 0.252 e. The first kappa shape index (κ1) is 14.5. The first-order valence-corrected chi connectivity index (χ1v) is 6.58. The number of halogens is 2. The number of nitrogens with one attached hydrogen (secondary N) is 1. The molecule has 0 spiro atoms. The lowest BCUT2D eigenvalue weighted by atomic mass is 10.1. The first-order chi connectivity index (χ1) is 9.58. The minimum Gasteiger partial charge on any atom is -0.352 e. The zero-order chi connectivity index (χ0) is 14.5. The minimum atomic E-state index is -0.251. The third-order valence-electron chi connectivity index (χ3n) is 3.00. The normalized spacial score (nSPS) is 10.3. The molecule has 1 amide bonds. The van der Waals surface area contributed by atoms with Crippen molar-refractivity contribution in [1.82, 2.24) is 10.3 Å². The fourth-order valence-corrected chi connectivity index (χ4v) is 2.11. The molecular formula is C15H14ClFN2O. The van der Waals surface area contributed by atoms with Gasteiger partial charge in [-0.25, -0.2) is 4.39 Å². The molecule has 0 unspecified atom stereocenters. The summed E-state index contributed by atoms with van der Waals surface area (Å²) in [5, 5.41) is 3.11. The summed E-state index contributed by atoms with van der Waals surface area (Å²) in [6.45, 7) is 2.31. The van der Waals surface area contributed by atoms with Crippen molar-refractivity contribution in [2.45, 2.75) is 13.3 Å². The van der Waals surface area contributed by atoms with Gasteiger partial charge in [-0.3, -0.25) is 9.78 Å². The van der Waals surface area contributed by atoms with Crippen LogP contribution in [0.2, 0.25) is 5.02 Å². The highest BCUT2D eigenvalue weighted by Crippen LogP contribution is 2.13. The highest BCUT2D eigenvalue weighted by Gasteiger charge is 2.09. The Balaban J connectivity index is 1.93. The summed E-state index contributed by atoms with van der Waals surface area (Å²) in [6.07, 6.45) is 3.59. The molecular weight excluding hydrogens is 279 g/mol. The van der Waals surface area contributed by atoms with Crippen LogP contribution in [0.4, 0.5) is 4.39 Å². The van der Waals surface area contributed by atoms with Gasteiger partial charge < -0.3 is 5.32 Å². The third kappa shape index (κ3) is 3.54. The van der Waals surface area contributed by atoms with Crippen molar-refractivity contribution in [3.05, 3.63) is 64.2 Å². The fraction of sp³-hybridized carbons (Fsp3) is 0.200. The molecule has 2 aromatic rings. The third-order valence-corrected chi connectivity index (χ3v) is 3.30. The Morgan fingerprint density at radius 3 is 2.90 bits per heavy atom. The Morgan fingerprint density at radius 2 is 2.20 bits per heavy atom. The van der Waals surface area contributed by atoms with E-state index in [0.29, 0.717) is 23.6 Å². The van der Waals surface area contributed by atoms with Gasteiger partial charge in [-0.15, -0.1) is 0 Å². The maximum atomic E-state index is 13.0. The molecule has 0 radical (unpaired) electrons. The molecule has 1 aromatic heterocycles. The summed E-state index contributed by atoms with van der Waals surface area (Å²) < 4.78 is 13.0. The Hall–Kier alpha value is -1.94. The van der Waals surface area contributed by atoms with E-state index < -0.39 is 0 Å². The SMILES string of the molecule is Cc1cc(F)ccc1CCNC(=O)c1ccncc1Cl. The van der Waals surface area contributed by atoms with Crippen LogP contribution in [-0.2, 0) is 6.42 Å². The molecule has 20 heavy (non-hydrogen) atoms. The van der Waals surface area contributed by atoms with Crippen LogP contribution in [0.1, 0.15) is 21.5 Å². The Morgan fingerprint density at radius 1 is 1.40 bits per heavy atom. The number of carbonyl (C=O) groups excluding carboxylic acids is 1. The molecule has 0 bridgehead atoms. The van der Waals surface area contributed by atoms with Crippen molar-refractivity contribution in [3.8, 4) is 0 Å². The Bertz CT molecular complexity index is 631. The second-order valence-electron chi connectivity index (χ2n) is 4.43. The monoisotopic (exact) mass is 292 g/mol. The van der Waals surface area contributed by atoms with E-state index in [1.54, 1.807) is 12.1 Å².